The first-order valence-electron chi connectivity index (χ1n) is 25.3. The second-order valence-corrected chi connectivity index (χ2v) is 20.6. The maximum absolute atomic E-state index is 14.2. The molecule has 0 N–H and O–H groups in total. The fourth-order valence-electron chi connectivity index (χ4n) is 14.0. The highest BCUT2D eigenvalue weighted by Crippen LogP contribution is 2.54. The summed E-state index contributed by atoms with van der Waals surface area (Å²) < 4.78 is 11.2. The Kier molecular flexibility index (Phi) is 14.4. The van der Waals surface area contributed by atoms with Crippen molar-refractivity contribution in [1.82, 2.24) is 19.6 Å². The van der Waals surface area contributed by atoms with E-state index in [9.17, 15) is 38.4 Å². The molecule has 1 aromatic rings. The summed E-state index contributed by atoms with van der Waals surface area (Å²) in [7, 11) is 1.52. The number of fused-ring (bicyclic) bond motifs is 4. The Bertz CT molecular complexity index is 2390. The number of allylic oxidation sites excluding steroid dienone is 10. The summed E-state index contributed by atoms with van der Waals surface area (Å²) >= 11 is 0. The first kappa shape index (κ1) is 49.1. The van der Waals surface area contributed by atoms with Crippen LogP contribution in [-0.4, -0.2) is 113 Å². The minimum atomic E-state index is -0.638. The molecule has 4 heterocycles. The van der Waals surface area contributed by atoms with E-state index in [0.29, 0.717) is 19.3 Å². The van der Waals surface area contributed by atoms with Crippen LogP contribution in [0.25, 0.3) is 0 Å². The fourth-order valence-corrected chi connectivity index (χ4v) is 14.0. The molecule has 8 fully saturated rings. The molecule has 14 heteroatoms. The minimum absolute atomic E-state index is 0.00185. The van der Waals surface area contributed by atoms with Crippen molar-refractivity contribution < 1.29 is 47.8 Å². The molecule has 4 aliphatic carbocycles. The molecule has 14 nitrogen and oxygen atoms in total. The lowest BCUT2D eigenvalue weighted by molar-refractivity contribution is -0.143. The molecule has 4 saturated carbocycles. The SMILES string of the molecule is C=CC1CC(/C=C\C2CC(/C=C\C3CC(C=C)C4C(=O)N(Cc5ccccc5)C(=O)C34)C3C(=O)N(CCOC)C(=O)C23)C2C(=O)N(CCOCCN3C(=O)C4C(/C=C/C)CC(/C=C/C)C4C3=O)C(=O)C12. The number of hydrogen-bond donors (Lipinski definition) is 0. The molecule has 9 rings (SSSR count). The molecule has 1 aromatic carbocycles. The van der Waals surface area contributed by atoms with Gasteiger partial charge in [0.25, 0.3) is 0 Å². The zero-order valence-electron chi connectivity index (χ0n) is 40.5. The topological polar surface area (TPSA) is 168 Å². The number of methoxy groups -OCH3 is 1. The van der Waals surface area contributed by atoms with Gasteiger partial charge in [0.05, 0.1) is 93.3 Å². The van der Waals surface area contributed by atoms with Crippen LogP contribution >= 0.6 is 0 Å². The first-order chi connectivity index (χ1) is 33.9. The van der Waals surface area contributed by atoms with Gasteiger partial charge in [-0.25, -0.2) is 0 Å². The normalized spacial score (nSPS) is 37.1. The van der Waals surface area contributed by atoms with Gasteiger partial charge in [-0.05, 0) is 92.4 Å². The molecule has 70 heavy (non-hydrogen) atoms. The molecule has 0 spiro atoms. The van der Waals surface area contributed by atoms with E-state index in [0.717, 1.165) is 12.0 Å². The van der Waals surface area contributed by atoms with Gasteiger partial charge in [-0.2, -0.15) is 0 Å². The zero-order valence-corrected chi connectivity index (χ0v) is 40.5. The summed E-state index contributed by atoms with van der Waals surface area (Å²) in [4.78, 5) is 116. The molecule has 0 bridgehead atoms. The Hall–Kier alpha value is -5.86. The number of ether oxygens (including phenoxy) is 2. The quantitative estimate of drug-likeness (QED) is 0.0991. The van der Waals surface area contributed by atoms with E-state index in [2.05, 4.69) is 13.2 Å². The molecule has 8 amide bonds. The Morgan fingerprint density at radius 3 is 1.07 bits per heavy atom. The van der Waals surface area contributed by atoms with Crippen molar-refractivity contribution in [3.8, 4) is 0 Å². The van der Waals surface area contributed by atoms with Crippen LogP contribution in [0.1, 0.15) is 45.1 Å². The van der Waals surface area contributed by atoms with E-state index in [4.69, 9.17) is 9.47 Å². The maximum atomic E-state index is 14.2. The number of carbonyl (C=O) groups excluding carboxylic acids is 8. The maximum Gasteiger partial charge on any atom is 0.234 e. The molecular weight excluding hydrogens is 889 g/mol. The van der Waals surface area contributed by atoms with Crippen molar-refractivity contribution in [1.29, 1.82) is 0 Å². The lowest BCUT2D eigenvalue weighted by Crippen LogP contribution is -2.38. The van der Waals surface area contributed by atoms with Crippen LogP contribution in [0.4, 0.5) is 0 Å². The molecule has 8 aliphatic rings. The minimum Gasteiger partial charge on any atom is -0.383 e. The molecule has 370 valence electrons. The molecule has 0 radical (unpaired) electrons. The van der Waals surface area contributed by atoms with E-state index in [1.807, 2.05) is 92.8 Å². The third-order valence-corrected chi connectivity index (χ3v) is 17.1. The van der Waals surface area contributed by atoms with Crippen LogP contribution in [0.5, 0.6) is 0 Å². The number of hydrogen-bond acceptors (Lipinski definition) is 10. The number of imide groups is 4. The molecule has 4 saturated heterocycles. The van der Waals surface area contributed by atoms with Crippen LogP contribution < -0.4 is 0 Å². The number of likely N-dealkylation sites (tertiary alicyclic amines) is 4. The zero-order chi connectivity index (χ0) is 49.5. The third-order valence-electron chi connectivity index (χ3n) is 17.1. The van der Waals surface area contributed by atoms with Crippen molar-refractivity contribution >= 4 is 47.3 Å². The van der Waals surface area contributed by atoms with Gasteiger partial charge in [0.1, 0.15) is 0 Å². The second kappa shape index (κ2) is 20.5. The Balaban J connectivity index is 0.861. The summed E-state index contributed by atoms with van der Waals surface area (Å²) in [6.45, 7) is 12.6. The highest BCUT2D eigenvalue weighted by molar-refractivity contribution is 6.08. The summed E-state index contributed by atoms with van der Waals surface area (Å²) in [6, 6.07) is 9.44. The first-order valence-corrected chi connectivity index (χ1v) is 25.3. The number of carbonyl (C=O) groups is 8. The summed E-state index contributed by atoms with van der Waals surface area (Å²) in [6.07, 6.45) is 21.7. The van der Waals surface area contributed by atoms with Crippen molar-refractivity contribution in [2.24, 2.45) is 94.7 Å². The Labute approximate surface area is 410 Å². The standard InChI is InChI=1S/C56H66N4O10/c1-6-13-35-29-36(14-7-2)44-43(35)50(62)59(51(44)63)23-26-70-25-22-58-49(61)41-33(8-3)27-37(45(41)52(58)64)17-19-39-30-40(48-47(39)53(65)57(54(48)66)21-24-69-5)20-18-38-28-34(9-4)42-46(38)56(68)60(55(42)67)31-32-15-11-10-12-16-32/h6-20,33-48H,3-4,21-31H2,1-2,5H3/b13-6+,14-7+,19-17-,20-18-. The van der Waals surface area contributed by atoms with Gasteiger partial charge in [-0.1, -0.05) is 91.1 Å². The van der Waals surface area contributed by atoms with Gasteiger partial charge in [-0.3, -0.25) is 58.0 Å². The summed E-state index contributed by atoms with van der Waals surface area (Å²) in [5, 5.41) is 0. The van der Waals surface area contributed by atoms with Gasteiger partial charge in [0.15, 0.2) is 0 Å². The van der Waals surface area contributed by atoms with E-state index in [1.165, 1.54) is 26.7 Å². The van der Waals surface area contributed by atoms with Gasteiger partial charge < -0.3 is 9.47 Å². The van der Waals surface area contributed by atoms with Crippen molar-refractivity contribution in [3.63, 3.8) is 0 Å². The Morgan fingerprint density at radius 2 is 0.743 bits per heavy atom. The average molecular weight is 955 g/mol. The van der Waals surface area contributed by atoms with Gasteiger partial charge in [0, 0.05) is 7.11 Å². The van der Waals surface area contributed by atoms with E-state index in [-0.39, 0.29) is 152 Å². The van der Waals surface area contributed by atoms with E-state index < -0.39 is 35.5 Å². The Morgan fingerprint density at radius 1 is 0.443 bits per heavy atom. The number of amides is 8. The lowest BCUT2D eigenvalue weighted by atomic mass is 9.86. The summed E-state index contributed by atoms with van der Waals surface area (Å²) in [5.74, 6) is -7.84. The summed E-state index contributed by atoms with van der Waals surface area (Å²) in [5.41, 5.74) is 0.868. The number of benzene rings is 1. The van der Waals surface area contributed by atoms with Gasteiger partial charge in [-0.15, -0.1) is 13.2 Å². The lowest BCUT2D eigenvalue weighted by Gasteiger charge is -2.21. The average Bonchev–Trinajstić information content (AvgIpc) is 4.23. The second-order valence-electron chi connectivity index (χ2n) is 20.6. The van der Waals surface area contributed by atoms with Crippen molar-refractivity contribution in [3.05, 3.63) is 110 Å². The van der Waals surface area contributed by atoms with Crippen molar-refractivity contribution in [2.75, 3.05) is 46.6 Å². The molecular formula is C56H66N4O10. The van der Waals surface area contributed by atoms with Gasteiger partial charge in [0.2, 0.25) is 47.3 Å². The highest BCUT2D eigenvalue weighted by Gasteiger charge is 2.61. The van der Waals surface area contributed by atoms with Crippen LogP contribution in [-0.2, 0) is 54.4 Å². The fraction of sp³-hybridized carbons (Fsp3) is 0.536. The van der Waals surface area contributed by atoms with Gasteiger partial charge >= 0.3 is 0 Å². The largest absolute Gasteiger partial charge is 0.383 e. The molecule has 16 unspecified atom stereocenters. The van der Waals surface area contributed by atoms with Crippen LogP contribution in [0, 0.1) is 94.7 Å². The monoisotopic (exact) mass is 954 g/mol. The van der Waals surface area contributed by atoms with Crippen LogP contribution in [0.15, 0.2) is 104 Å². The molecule has 16 atom stereocenters. The number of rotatable bonds is 19. The highest BCUT2D eigenvalue weighted by atomic mass is 16.5. The molecule has 4 aliphatic heterocycles. The van der Waals surface area contributed by atoms with Crippen LogP contribution in [0.2, 0.25) is 0 Å². The number of nitrogens with zero attached hydrogens (tertiary/aromatic N) is 4. The predicted octanol–water partition coefficient (Wildman–Crippen LogP) is 5.44. The van der Waals surface area contributed by atoms with Crippen LogP contribution in [0.3, 0.4) is 0 Å². The predicted molar refractivity (Wildman–Crippen MR) is 257 cm³/mol. The third kappa shape index (κ3) is 8.42. The smallest absolute Gasteiger partial charge is 0.234 e. The van der Waals surface area contributed by atoms with E-state index >= 15 is 0 Å². The van der Waals surface area contributed by atoms with E-state index in [1.54, 1.807) is 12.2 Å². The molecule has 0 aromatic heterocycles. The van der Waals surface area contributed by atoms with Crippen molar-refractivity contribution in [2.45, 2.75) is 46.1 Å².